The summed E-state index contributed by atoms with van der Waals surface area (Å²) in [6.07, 6.45) is 9.44. The minimum atomic E-state index is 0.490. The van der Waals surface area contributed by atoms with Crippen LogP contribution in [0.25, 0.3) is 11.5 Å². The molecule has 3 aromatic rings. The Morgan fingerprint density at radius 3 is 2.91 bits per heavy atom. The molecule has 2 aliphatic heterocycles. The molecule has 8 nitrogen and oxygen atoms in total. The van der Waals surface area contributed by atoms with Crippen LogP contribution in [0.15, 0.2) is 59.2 Å². The van der Waals surface area contributed by atoms with E-state index in [9.17, 15) is 0 Å². The van der Waals surface area contributed by atoms with Gasteiger partial charge in [-0.15, -0.1) is 0 Å². The quantitative estimate of drug-likeness (QED) is 0.543. The van der Waals surface area contributed by atoms with E-state index in [1.165, 1.54) is 25.9 Å². The average molecular weight is 476 g/mol. The molecule has 1 fully saturated rings. The van der Waals surface area contributed by atoms with Crippen LogP contribution in [-0.2, 0) is 6.54 Å². The van der Waals surface area contributed by atoms with Gasteiger partial charge in [-0.2, -0.15) is 0 Å². The first-order chi connectivity index (χ1) is 17.2. The van der Waals surface area contributed by atoms with Crippen LogP contribution in [0.1, 0.15) is 24.8 Å². The molecule has 0 unspecified atom stereocenters. The molecule has 2 aromatic heterocycles. The minimum absolute atomic E-state index is 0.490. The number of likely N-dealkylation sites (tertiary alicyclic amines) is 1. The smallest absolute Gasteiger partial charge is 0.284 e. The van der Waals surface area contributed by atoms with E-state index in [0.717, 1.165) is 43.1 Å². The zero-order valence-corrected chi connectivity index (χ0v) is 20.3. The molecule has 0 amide bonds. The van der Waals surface area contributed by atoms with Crippen molar-refractivity contribution in [1.82, 2.24) is 19.8 Å². The Morgan fingerprint density at radius 1 is 1.09 bits per heavy atom. The van der Waals surface area contributed by atoms with Crippen molar-refractivity contribution in [3.8, 4) is 23.1 Å². The van der Waals surface area contributed by atoms with Crippen LogP contribution >= 0.6 is 0 Å². The van der Waals surface area contributed by atoms with Gasteiger partial charge < -0.3 is 19.2 Å². The predicted molar refractivity (Wildman–Crippen MR) is 136 cm³/mol. The predicted octanol–water partition coefficient (Wildman–Crippen LogP) is 4.73. The summed E-state index contributed by atoms with van der Waals surface area (Å²) in [5, 5.41) is 3.34. The Bertz CT molecular complexity index is 1140. The van der Waals surface area contributed by atoms with Gasteiger partial charge in [0.1, 0.15) is 18.1 Å². The number of furan rings is 1. The van der Waals surface area contributed by atoms with Crippen LogP contribution in [0, 0.1) is 0 Å². The normalized spacial score (nSPS) is 18.2. The van der Waals surface area contributed by atoms with Gasteiger partial charge in [-0.3, -0.25) is 9.80 Å². The maximum Gasteiger partial charge on any atom is 0.284 e. The first kappa shape index (κ1) is 23.4. The number of anilines is 2. The van der Waals surface area contributed by atoms with E-state index >= 15 is 0 Å². The highest BCUT2D eigenvalue weighted by Crippen LogP contribution is 2.28. The molecule has 0 saturated carbocycles. The maximum absolute atomic E-state index is 6.25. The molecular weight excluding hydrogens is 442 g/mol. The number of rotatable bonds is 4. The second kappa shape index (κ2) is 11.4. The van der Waals surface area contributed by atoms with Crippen molar-refractivity contribution in [2.75, 3.05) is 51.8 Å². The summed E-state index contributed by atoms with van der Waals surface area (Å²) in [7, 11) is 2.12. The van der Waals surface area contributed by atoms with Crippen molar-refractivity contribution >= 4 is 11.6 Å². The number of likely N-dealkylation sites (N-methyl/N-ethyl adjacent to an activating group) is 1. The highest BCUT2D eigenvalue weighted by atomic mass is 16.6. The summed E-state index contributed by atoms with van der Waals surface area (Å²) >= 11 is 0. The fourth-order valence-corrected chi connectivity index (χ4v) is 4.39. The molecule has 0 atom stereocenters. The highest BCUT2D eigenvalue weighted by molar-refractivity contribution is 5.60. The maximum atomic E-state index is 6.25. The van der Waals surface area contributed by atoms with Crippen molar-refractivity contribution in [1.29, 1.82) is 0 Å². The molecule has 8 heteroatoms. The molecule has 5 rings (SSSR count). The van der Waals surface area contributed by atoms with Gasteiger partial charge in [0.05, 0.1) is 6.61 Å². The van der Waals surface area contributed by atoms with Crippen LogP contribution in [0.3, 0.4) is 0 Å². The largest absolute Gasteiger partial charge is 0.492 e. The molecule has 1 aromatic carbocycles. The number of hydrogen-bond acceptors (Lipinski definition) is 8. The second-order valence-electron chi connectivity index (χ2n) is 9.03. The summed E-state index contributed by atoms with van der Waals surface area (Å²) in [6.45, 7) is 6.18. The lowest BCUT2D eigenvalue weighted by atomic mass is 10.1. The molecule has 2 aliphatic rings. The Balaban J connectivity index is 1.38. The Hall–Kier alpha value is -3.36. The standard InChI is InChI=1S/C27H33N5O3/c1-31-13-3-2-6-17-34-26-10-9-25(35-26)23-11-12-28-27(30-23)29-22-7-8-24(21(19-22)20-31)33-18-16-32-14-4-5-15-32/h2-3,7-12,19H,4-6,13-18,20H2,1H3,(H,28,29,30)/b3-2+. The van der Waals surface area contributed by atoms with E-state index in [1.54, 1.807) is 6.20 Å². The number of ether oxygens (including phenoxy) is 2. The van der Waals surface area contributed by atoms with Crippen molar-refractivity contribution in [3.05, 3.63) is 60.3 Å². The molecule has 0 radical (unpaired) electrons. The van der Waals surface area contributed by atoms with E-state index in [4.69, 9.17) is 13.9 Å². The Labute approximate surface area is 206 Å². The van der Waals surface area contributed by atoms with Gasteiger partial charge >= 0.3 is 0 Å². The molecule has 0 spiro atoms. The fourth-order valence-electron chi connectivity index (χ4n) is 4.39. The first-order valence-electron chi connectivity index (χ1n) is 12.4. The van der Waals surface area contributed by atoms with Gasteiger partial charge in [-0.05, 0) is 69.7 Å². The second-order valence-corrected chi connectivity index (χ2v) is 9.03. The molecular formula is C27H33N5O3. The molecule has 0 aliphatic carbocycles. The third kappa shape index (κ3) is 6.41. The number of fused-ring (bicyclic) bond motifs is 7. The number of hydrogen-bond donors (Lipinski definition) is 1. The fraction of sp³-hybridized carbons (Fsp3) is 0.407. The van der Waals surface area contributed by atoms with Crippen molar-refractivity contribution in [2.24, 2.45) is 0 Å². The van der Waals surface area contributed by atoms with Gasteiger partial charge in [0, 0.05) is 43.1 Å². The summed E-state index contributed by atoms with van der Waals surface area (Å²) in [6, 6.07) is 11.7. The van der Waals surface area contributed by atoms with Crippen LogP contribution in [-0.4, -0.2) is 66.2 Å². The van der Waals surface area contributed by atoms with Gasteiger partial charge in [0.2, 0.25) is 5.95 Å². The number of aromatic nitrogens is 2. The van der Waals surface area contributed by atoms with Crippen LogP contribution in [0.4, 0.5) is 11.6 Å². The van der Waals surface area contributed by atoms with E-state index < -0.39 is 0 Å². The van der Waals surface area contributed by atoms with Gasteiger partial charge in [0.15, 0.2) is 5.76 Å². The van der Waals surface area contributed by atoms with Crippen LogP contribution < -0.4 is 14.8 Å². The summed E-state index contributed by atoms with van der Waals surface area (Å²) < 4.78 is 17.8. The highest BCUT2D eigenvalue weighted by Gasteiger charge is 2.14. The molecule has 4 heterocycles. The SMILES string of the molecule is CN1C/C=C/CCOc2ccc(o2)-c2ccnc(n2)Nc2ccc(OCCN3CCCC3)c(c2)C1. The molecule has 6 bridgehead atoms. The van der Waals surface area contributed by atoms with E-state index in [-0.39, 0.29) is 0 Å². The topological polar surface area (TPSA) is 75.9 Å². The van der Waals surface area contributed by atoms with Crippen molar-refractivity contribution in [3.63, 3.8) is 0 Å². The van der Waals surface area contributed by atoms with E-state index in [0.29, 0.717) is 36.6 Å². The van der Waals surface area contributed by atoms with E-state index in [2.05, 4.69) is 50.4 Å². The Morgan fingerprint density at radius 2 is 2.00 bits per heavy atom. The lowest BCUT2D eigenvalue weighted by Crippen LogP contribution is -2.25. The zero-order chi connectivity index (χ0) is 23.9. The minimum Gasteiger partial charge on any atom is -0.492 e. The van der Waals surface area contributed by atoms with Crippen LogP contribution in [0.2, 0.25) is 0 Å². The lowest BCUT2D eigenvalue weighted by molar-refractivity contribution is 0.234. The van der Waals surface area contributed by atoms with Crippen molar-refractivity contribution < 1.29 is 13.9 Å². The molecule has 184 valence electrons. The van der Waals surface area contributed by atoms with Crippen molar-refractivity contribution in [2.45, 2.75) is 25.8 Å². The third-order valence-corrected chi connectivity index (χ3v) is 6.22. The van der Waals surface area contributed by atoms with Gasteiger partial charge in [0.25, 0.3) is 5.95 Å². The zero-order valence-electron chi connectivity index (χ0n) is 20.3. The number of nitrogens with zero attached hydrogens (tertiary/aromatic N) is 4. The number of benzene rings is 1. The Kier molecular flexibility index (Phi) is 7.60. The monoisotopic (exact) mass is 475 g/mol. The molecule has 1 N–H and O–H groups in total. The summed E-state index contributed by atoms with van der Waals surface area (Å²) in [5.41, 5.74) is 2.74. The summed E-state index contributed by atoms with van der Waals surface area (Å²) in [4.78, 5) is 13.8. The number of nitrogens with one attached hydrogen (secondary N) is 1. The van der Waals surface area contributed by atoms with Gasteiger partial charge in [-0.25, -0.2) is 9.97 Å². The van der Waals surface area contributed by atoms with E-state index in [1.807, 2.05) is 30.3 Å². The first-order valence-corrected chi connectivity index (χ1v) is 12.4. The summed E-state index contributed by atoms with van der Waals surface area (Å²) in [5.74, 6) is 2.56. The average Bonchev–Trinajstić information content (AvgIpc) is 3.55. The van der Waals surface area contributed by atoms with Crippen LogP contribution in [0.5, 0.6) is 11.7 Å². The molecule has 35 heavy (non-hydrogen) atoms. The third-order valence-electron chi connectivity index (χ3n) is 6.22. The van der Waals surface area contributed by atoms with Gasteiger partial charge in [-0.1, -0.05) is 12.2 Å². The lowest BCUT2D eigenvalue weighted by Gasteiger charge is -2.20. The molecule has 1 saturated heterocycles.